The van der Waals surface area contributed by atoms with Gasteiger partial charge in [-0.25, -0.2) is 4.79 Å². The Balaban J connectivity index is 2.01. The van der Waals surface area contributed by atoms with Gasteiger partial charge in [-0.1, -0.05) is 52.3 Å². The highest BCUT2D eigenvalue weighted by Crippen LogP contribution is 2.18. The highest BCUT2D eigenvalue weighted by Gasteiger charge is 2.20. The van der Waals surface area contributed by atoms with Gasteiger partial charge in [-0.15, -0.1) is 0 Å². The van der Waals surface area contributed by atoms with Crippen LogP contribution in [0.1, 0.15) is 26.3 Å². The smallest absolute Gasteiger partial charge is 0.408 e. The Morgan fingerprint density at radius 2 is 1.84 bits per heavy atom. The molecular weight excluding hydrogens is 382 g/mol. The normalized spacial score (nSPS) is 12.3. The Labute approximate surface area is 157 Å². The van der Waals surface area contributed by atoms with Crippen LogP contribution in [0.25, 0.3) is 0 Å². The molecule has 2 rings (SSSR count). The van der Waals surface area contributed by atoms with Crippen molar-refractivity contribution in [2.75, 3.05) is 6.61 Å². The number of hydrogen-bond donors (Lipinski definition) is 1. The minimum absolute atomic E-state index is 0.198. The van der Waals surface area contributed by atoms with Crippen molar-refractivity contribution in [1.82, 2.24) is 5.32 Å². The number of rotatable bonds is 6. The Bertz CT molecular complexity index is 683. The Morgan fingerprint density at radius 1 is 1.12 bits per heavy atom. The van der Waals surface area contributed by atoms with E-state index in [1.165, 1.54) is 0 Å². The number of hydrogen-bond acceptors (Lipinski definition) is 3. The van der Waals surface area contributed by atoms with Gasteiger partial charge in [0.05, 0.1) is 6.04 Å². The topological polar surface area (TPSA) is 47.6 Å². The van der Waals surface area contributed by atoms with Gasteiger partial charge in [-0.2, -0.15) is 0 Å². The number of alkyl carbamates (subject to hydrolysis) is 1. The lowest BCUT2D eigenvalue weighted by Gasteiger charge is -2.24. The maximum Gasteiger partial charge on any atom is 0.408 e. The third-order valence-corrected chi connectivity index (χ3v) is 3.79. The van der Waals surface area contributed by atoms with Crippen LogP contribution in [-0.2, 0) is 11.2 Å². The quantitative estimate of drug-likeness (QED) is 0.738. The van der Waals surface area contributed by atoms with Gasteiger partial charge in [-0.3, -0.25) is 0 Å². The first-order valence-corrected chi connectivity index (χ1v) is 9.03. The molecule has 4 nitrogen and oxygen atoms in total. The average Bonchev–Trinajstić information content (AvgIpc) is 2.52. The average molecular weight is 406 g/mol. The van der Waals surface area contributed by atoms with Gasteiger partial charge >= 0.3 is 6.09 Å². The predicted molar refractivity (Wildman–Crippen MR) is 103 cm³/mol. The van der Waals surface area contributed by atoms with Crippen LogP contribution in [0.3, 0.4) is 0 Å². The summed E-state index contributed by atoms with van der Waals surface area (Å²) >= 11 is 3.43. The van der Waals surface area contributed by atoms with Crippen LogP contribution < -0.4 is 10.1 Å². The van der Waals surface area contributed by atoms with E-state index in [0.29, 0.717) is 13.0 Å². The number of nitrogens with one attached hydrogen (secondary N) is 1. The summed E-state index contributed by atoms with van der Waals surface area (Å²) < 4.78 is 12.2. The van der Waals surface area contributed by atoms with Crippen molar-refractivity contribution in [3.8, 4) is 5.75 Å². The molecule has 2 aromatic rings. The summed E-state index contributed by atoms with van der Waals surface area (Å²) in [5, 5.41) is 2.91. The van der Waals surface area contributed by atoms with Gasteiger partial charge in [0.2, 0.25) is 0 Å². The number of halogens is 1. The first-order chi connectivity index (χ1) is 11.8. The molecule has 0 aliphatic carbocycles. The summed E-state index contributed by atoms with van der Waals surface area (Å²) in [5.41, 5.74) is 0.591. The highest BCUT2D eigenvalue weighted by atomic mass is 79.9. The Hall–Kier alpha value is -2.01. The van der Waals surface area contributed by atoms with Crippen LogP contribution in [-0.4, -0.2) is 24.3 Å². The van der Waals surface area contributed by atoms with Crippen LogP contribution in [0.2, 0.25) is 0 Å². The van der Waals surface area contributed by atoms with E-state index in [1.54, 1.807) is 0 Å². The van der Waals surface area contributed by atoms with Gasteiger partial charge < -0.3 is 14.8 Å². The van der Waals surface area contributed by atoms with Crippen LogP contribution in [0, 0.1) is 0 Å². The Kier molecular flexibility index (Phi) is 6.88. The van der Waals surface area contributed by atoms with Crippen molar-refractivity contribution >= 4 is 22.0 Å². The molecule has 0 aromatic heterocycles. The summed E-state index contributed by atoms with van der Waals surface area (Å²) in [6.07, 6.45) is 0.222. The molecule has 5 heteroatoms. The second-order valence-corrected chi connectivity index (χ2v) is 7.72. The third kappa shape index (κ3) is 7.61. The minimum atomic E-state index is -0.535. The standard InChI is InChI=1S/C20H24BrNO3/c1-20(2,3)25-19(23)22-17(12-15-8-5-4-6-9-15)14-24-18-11-7-10-16(21)13-18/h4-11,13,17H,12,14H2,1-3H3,(H,22,23)/t17-/m0/s1. The Morgan fingerprint density at radius 3 is 2.48 bits per heavy atom. The molecule has 1 N–H and O–H groups in total. The van der Waals surface area contributed by atoms with Crippen molar-refractivity contribution < 1.29 is 14.3 Å². The number of amides is 1. The van der Waals surface area contributed by atoms with E-state index in [0.717, 1.165) is 15.8 Å². The predicted octanol–water partition coefficient (Wildman–Crippen LogP) is 4.96. The van der Waals surface area contributed by atoms with E-state index in [4.69, 9.17) is 9.47 Å². The molecule has 0 bridgehead atoms. The van der Waals surface area contributed by atoms with Gasteiger partial charge in [0, 0.05) is 4.47 Å². The molecule has 0 saturated heterocycles. The van der Waals surface area contributed by atoms with E-state index in [9.17, 15) is 4.79 Å². The van der Waals surface area contributed by atoms with Crippen molar-refractivity contribution in [2.45, 2.75) is 38.8 Å². The van der Waals surface area contributed by atoms with E-state index < -0.39 is 11.7 Å². The molecule has 25 heavy (non-hydrogen) atoms. The number of benzene rings is 2. The lowest BCUT2D eigenvalue weighted by Crippen LogP contribution is -2.43. The van der Waals surface area contributed by atoms with E-state index >= 15 is 0 Å². The van der Waals surface area contributed by atoms with Gasteiger partial charge in [0.25, 0.3) is 0 Å². The fourth-order valence-corrected chi connectivity index (χ4v) is 2.66. The largest absolute Gasteiger partial charge is 0.491 e. The summed E-state index contributed by atoms with van der Waals surface area (Å²) in [6.45, 7) is 5.88. The molecule has 134 valence electrons. The van der Waals surface area contributed by atoms with Gasteiger partial charge in [0.1, 0.15) is 18.0 Å². The maximum atomic E-state index is 12.1. The second-order valence-electron chi connectivity index (χ2n) is 6.80. The monoisotopic (exact) mass is 405 g/mol. The second kappa shape index (κ2) is 8.90. The van der Waals surface area contributed by atoms with Crippen molar-refractivity contribution in [1.29, 1.82) is 0 Å². The SMILES string of the molecule is CC(C)(C)OC(=O)N[C@H](COc1cccc(Br)c1)Cc1ccccc1. The number of carbonyl (C=O) groups excluding carboxylic acids is 1. The summed E-state index contributed by atoms with van der Waals surface area (Å²) in [7, 11) is 0. The van der Waals surface area contributed by atoms with Gasteiger partial charge in [-0.05, 0) is 51.0 Å². The van der Waals surface area contributed by atoms with E-state index in [1.807, 2.05) is 75.4 Å². The molecule has 0 spiro atoms. The number of ether oxygens (including phenoxy) is 2. The van der Waals surface area contributed by atoms with Crippen molar-refractivity contribution in [2.24, 2.45) is 0 Å². The zero-order chi connectivity index (χ0) is 18.3. The molecule has 0 radical (unpaired) electrons. The first kappa shape index (κ1) is 19.3. The van der Waals surface area contributed by atoms with Crippen LogP contribution in [0.15, 0.2) is 59.1 Å². The molecule has 1 atom stereocenters. The van der Waals surface area contributed by atoms with Crippen LogP contribution in [0.4, 0.5) is 4.79 Å². The fourth-order valence-electron chi connectivity index (χ4n) is 2.28. The van der Waals surface area contributed by atoms with E-state index in [2.05, 4.69) is 21.2 Å². The zero-order valence-electron chi connectivity index (χ0n) is 14.8. The molecule has 0 heterocycles. The first-order valence-electron chi connectivity index (χ1n) is 8.23. The lowest BCUT2D eigenvalue weighted by atomic mass is 10.1. The third-order valence-electron chi connectivity index (χ3n) is 3.29. The van der Waals surface area contributed by atoms with Crippen molar-refractivity contribution in [3.63, 3.8) is 0 Å². The maximum absolute atomic E-state index is 12.1. The molecule has 0 aliphatic rings. The van der Waals surface area contributed by atoms with Crippen LogP contribution >= 0.6 is 15.9 Å². The molecule has 0 saturated carbocycles. The molecule has 0 fully saturated rings. The molecule has 0 unspecified atom stereocenters. The van der Waals surface area contributed by atoms with Gasteiger partial charge in [0.15, 0.2) is 0 Å². The summed E-state index contributed by atoms with van der Waals surface area (Å²) in [5.74, 6) is 0.749. The minimum Gasteiger partial charge on any atom is -0.491 e. The zero-order valence-corrected chi connectivity index (χ0v) is 16.4. The lowest BCUT2D eigenvalue weighted by molar-refractivity contribution is 0.0488. The van der Waals surface area contributed by atoms with Crippen LogP contribution in [0.5, 0.6) is 5.75 Å². The number of carbonyl (C=O) groups is 1. The van der Waals surface area contributed by atoms with E-state index in [-0.39, 0.29) is 6.04 Å². The molecular formula is C20H24BrNO3. The summed E-state index contributed by atoms with van der Waals surface area (Å²) in [4.78, 5) is 12.1. The summed E-state index contributed by atoms with van der Waals surface area (Å²) in [6, 6.07) is 17.4. The fraction of sp³-hybridized carbons (Fsp3) is 0.350. The molecule has 1 amide bonds. The molecule has 0 aliphatic heterocycles. The van der Waals surface area contributed by atoms with Crippen molar-refractivity contribution in [3.05, 3.63) is 64.6 Å². The molecule has 2 aromatic carbocycles. The highest BCUT2D eigenvalue weighted by molar-refractivity contribution is 9.10.